The van der Waals surface area contributed by atoms with Crippen LogP contribution >= 0.6 is 0 Å². The summed E-state index contributed by atoms with van der Waals surface area (Å²) < 4.78 is 5.17. The number of hydrogen-bond donors (Lipinski definition) is 4. The standard InChI is InChI=1S/C18H32N4O3/c1-4-19-18(21-11-15(7-8-23)10-14(2)3)22-13-17(24)20-12-16-6-5-9-25-16/h5-6,9,14-15,23H,4,7-8,10-13H2,1-3H3,(H,20,24)(H2,19,21,22). The van der Waals surface area contributed by atoms with Crippen LogP contribution in [0.3, 0.4) is 0 Å². The van der Waals surface area contributed by atoms with Gasteiger partial charge in [0, 0.05) is 19.7 Å². The maximum absolute atomic E-state index is 11.9. The van der Waals surface area contributed by atoms with Gasteiger partial charge in [-0.25, -0.2) is 4.99 Å². The minimum absolute atomic E-state index is 0.0465. The van der Waals surface area contributed by atoms with Crippen molar-refractivity contribution in [1.82, 2.24) is 16.0 Å². The Morgan fingerprint density at radius 2 is 2.12 bits per heavy atom. The molecule has 1 aromatic rings. The lowest BCUT2D eigenvalue weighted by atomic mass is 9.94. The normalized spacial score (nSPS) is 12.9. The van der Waals surface area contributed by atoms with Crippen molar-refractivity contribution in [2.45, 2.75) is 40.2 Å². The number of furan rings is 1. The number of carbonyl (C=O) groups is 1. The van der Waals surface area contributed by atoms with Crippen molar-refractivity contribution >= 4 is 11.9 Å². The zero-order valence-electron chi connectivity index (χ0n) is 15.5. The molecule has 25 heavy (non-hydrogen) atoms. The second-order valence-corrected chi connectivity index (χ2v) is 6.44. The third-order valence-electron chi connectivity index (χ3n) is 3.67. The van der Waals surface area contributed by atoms with E-state index in [1.807, 2.05) is 13.0 Å². The maximum Gasteiger partial charge on any atom is 0.242 e. The molecule has 0 saturated heterocycles. The van der Waals surface area contributed by atoms with E-state index < -0.39 is 0 Å². The van der Waals surface area contributed by atoms with Crippen LogP contribution in [0.5, 0.6) is 0 Å². The van der Waals surface area contributed by atoms with Crippen LogP contribution in [0.2, 0.25) is 0 Å². The fourth-order valence-electron chi connectivity index (χ4n) is 2.54. The van der Waals surface area contributed by atoms with E-state index in [2.05, 4.69) is 34.8 Å². The summed E-state index contributed by atoms with van der Waals surface area (Å²) in [7, 11) is 0. The highest BCUT2D eigenvalue weighted by atomic mass is 16.3. The van der Waals surface area contributed by atoms with E-state index in [1.54, 1.807) is 12.3 Å². The van der Waals surface area contributed by atoms with E-state index in [1.165, 1.54) is 0 Å². The smallest absolute Gasteiger partial charge is 0.242 e. The molecule has 7 nitrogen and oxygen atoms in total. The monoisotopic (exact) mass is 352 g/mol. The molecule has 1 rings (SSSR count). The lowest BCUT2D eigenvalue weighted by molar-refractivity contribution is -0.119. The van der Waals surface area contributed by atoms with Crippen LogP contribution in [0.15, 0.2) is 27.8 Å². The van der Waals surface area contributed by atoms with Crippen LogP contribution in [-0.2, 0) is 11.3 Å². The molecule has 0 aliphatic heterocycles. The van der Waals surface area contributed by atoms with Gasteiger partial charge < -0.3 is 25.5 Å². The number of aliphatic hydroxyl groups excluding tert-OH is 1. The van der Waals surface area contributed by atoms with E-state index in [-0.39, 0.29) is 19.1 Å². The Labute approximate surface area is 150 Å². The lowest BCUT2D eigenvalue weighted by Gasteiger charge is -2.20. The topological polar surface area (TPSA) is 98.9 Å². The molecule has 1 unspecified atom stereocenters. The molecule has 4 N–H and O–H groups in total. The zero-order chi connectivity index (χ0) is 18.5. The van der Waals surface area contributed by atoms with Crippen LogP contribution in [-0.4, -0.2) is 43.2 Å². The van der Waals surface area contributed by atoms with Crippen LogP contribution in [0.1, 0.15) is 39.4 Å². The van der Waals surface area contributed by atoms with Crippen molar-refractivity contribution in [3.8, 4) is 0 Å². The number of rotatable bonds is 11. The van der Waals surface area contributed by atoms with E-state index in [0.29, 0.717) is 36.6 Å². The number of hydrogen-bond acceptors (Lipinski definition) is 4. The van der Waals surface area contributed by atoms with Gasteiger partial charge >= 0.3 is 0 Å². The van der Waals surface area contributed by atoms with Crippen LogP contribution in [0.25, 0.3) is 0 Å². The molecule has 1 atom stereocenters. The first kappa shape index (κ1) is 21.0. The fourth-order valence-corrected chi connectivity index (χ4v) is 2.54. The van der Waals surface area contributed by atoms with E-state index in [9.17, 15) is 9.90 Å². The third-order valence-corrected chi connectivity index (χ3v) is 3.67. The fraction of sp³-hybridized carbons (Fsp3) is 0.667. The Balaban J connectivity index is 2.44. The summed E-state index contributed by atoms with van der Waals surface area (Å²) in [6.45, 7) is 8.35. The molecule has 0 aromatic carbocycles. The number of carbonyl (C=O) groups excluding carboxylic acids is 1. The van der Waals surface area contributed by atoms with Crippen molar-refractivity contribution < 1.29 is 14.3 Å². The molecule has 142 valence electrons. The second kappa shape index (κ2) is 12.4. The van der Waals surface area contributed by atoms with Gasteiger partial charge in [0.2, 0.25) is 5.91 Å². The van der Waals surface area contributed by atoms with Gasteiger partial charge in [-0.3, -0.25) is 4.79 Å². The lowest BCUT2D eigenvalue weighted by Crippen LogP contribution is -2.41. The minimum atomic E-state index is -0.164. The average Bonchev–Trinajstić information content (AvgIpc) is 3.08. The van der Waals surface area contributed by atoms with Gasteiger partial charge in [0.1, 0.15) is 12.3 Å². The SMILES string of the molecule is CCNC(=NCC(=O)NCc1ccco1)NCC(CCO)CC(C)C. The van der Waals surface area contributed by atoms with Gasteiger partial charge in [-0.05, 0) is 43.7 Å². The van der Waals surface area contributed by atoms with Crippen molar-refractivity contribution in [3.05, 3.63) is 24.2 Å². The number of aliphatic imine (C=N–C) groups is 1. The zero-order valence-corrected chi connectivity index (χ0v) is 15.5. The molecule has 0 spiro atoms. The molecule has 1 aromatic heterocycles. The van der Waals surface area contributed by atoms with Crippen LogP contribution < -0.4 is 16.0 Å². The first-order valence-corrected chi connectivity index (χ1v) is 8.97. The van der Waals surface area contributed by atoms with E-state index in [4.69, 9.17) is 4.42 Å². The highest BCUT2D eigenvalue weighted by Crippen LogP contribution is 2.14. The van der Waals surface area contributed by atoms with Gasteiger partial charge in [0.05, 0.1) is 12.8 Å². The van der Waals surface area contributed by atoms with Gasteiger partial charge in [-0.15, -0.1) is 0 Å². The minimum Gasteiger partial charge on any atom is -0.467 e. The van der Waals surface area contributed by atoms with Gasteiger partial charge in [-0.2, -0.15) is 0 Å². The molecule has 1 heterocycles. The largest absolute Gasteiger partial charge is 0.467 e. The molecular formula is C18H32N4O3. The van der Waals surface area contributed by atoms with Gasteiger partial charge in [0.25, 0.3) is 0 Å². The van der Waals surface area contributed by atoms with Crippen molar-refractivity contribution in [1.29, 1.82) is 0 Å². The molecule has 0 saturated carbocycles. The number of nitrogens with zero attached hydrogens (tertiary/aromatic N) is 1. The Morgan fingerprint density at radius 3 is 2.72 bits per heavy atom. The number of aliphatic hydroxyl groups is 1. The van der Waals surface area contributed by atoms with Crippen molar-refractivity contribution in [2.24, 2.45) is 16.8 Å². The number of guanidine groups is 1. The Hall–Kier alpha value is -2.02. The third kappa shape index (κ3) is 9.76. The summed E-state index contributed by atoms with van der Waals surface area (Å²) in [4.78, 5) is 16.2. The summed E-state index contributed by atoms with van der Waals surface area (Å²) in [5, 5.41) is 18.4. The van der Waals surface area contributed by atoms with E-state index in [0.717, 1.165) is 19.4 Å². The molecule has 0 aliphatic rings. The molecular weight excluding hydrogens is 320 g/mol. The quantitative estimate of drug-likeness (QED) is 0.357. The first-order valence-electron chi connectivity index (χ1n) is 8.97. The number of amides is 1. The Bertz CT molecular complexity index is 500. The molecule has 1 amide bonds. The van der Waals surface area contributed by atoms with Crippen LogP contribution in [0, 0.1) is 11.8 Å². The second-order valence-electron chi connectivity index (χ2n) is 6.44. The first-order chi connectivity index (χ1) is 12.0. The summed E-state index contributed by atoms with van der Waals surface area (Å²) in [6, 6.07) is 3.60. The number of nitrogens with one attached hydrogen (secondary N) is 3. The highest BCUT2D eigenvalue weighted by Gasteiger charge is 2.11. The van der Waals surface area contributed by atoms with Crippen molar-refractivity contribution in [2.75, 3.05) is 26.2 Å². The maximum atomic E-state index is 11.9. The molecule has 0 aliphatic carbocycles. The molecule has 0 fully saturated rings. The van der Waals surface area contributed by atoms with Crippen LogP contribution in [0.4, 0.5) is 0 Å². The predicted octanol–water partition coefficient (Wildman–Crippen LogP) is 1.50. The highest BCUT2D eigenvalue weighted by molar-refractivity contribution is 5.84. The van der Waals surface area contributed by atoms with E-state index >= 15 is 0 Å². The summed E-state index contributed by atoms with van der Waals surface area (Å²) in [5.74, 6) is 2.11. The molecule has 0 radical (unpaired) electrons. The summed E-state index contributed by atoms with van der Waals surface area (Å²) in [6.07, 6.45) is 3.37. The molecule has 7 heteroatoms. The average molecular weight is 352 g/mol. The predicted molar refractivity (Wildman–Crippen MR) is 99.2 cm³/mol. The summed E-state index contributed by atoms with van der Waals surface area (Å²) >= 11 is 0. The van der Waals surface area contributed by atoms with Crippen molar-refractivity contribution in [3.63, 3.8) is 0 Å². The summed E-state index contributed by atoms with van der Waals surface area (Å²) in [5.41, 5.74) is 0. The van der Waals surface area contributed by atoms with Gasteiger partial charge in [0.15, 0.2) is 5.96 Å². The molecule has 0 bridgehead atoms. The Morgan fingerprint density at radius 1 is 1.32 bits per heavy atom. The Kier molecular flexibility index (Phi) is 10.4. The van der Waals surface area contributed by atoms with Gasteiger partial charge in [-0.1, -0.05) is 13.8 Å².